The number of anilines is 1. The number of hydrogen-bond acceptors (Lipinski definition) is 6. The van der Waals surface area contributed by atoms with Crippen LogP contribution in [-0.4, -0.2) is 49.5 Å². The van der Waals surface area contributed by atoms with Gasteiger partial charge in [-0.05, 0) is 37.4 Å². The number of hydrogen-bond donors (Lipinski definition) is 2. The van der Waals surface area contributed by atoms with Crippen LogP contribution >= 0.6 is 12.4 Å². The molecule has 2 amide bonds. The molecular weight excluding hydrogens is 376 g/mol. The van der Waals surface area contributed by atoms with Gasteiger partial charge in [-0.3, -0.25) is 24.6 Å². The lowest BCUT2D eigenvalue weighted by Crippen LogP contribution is -2.48. The quantitative estimate of drug-likeness (QED) is 0.570. The average Bonchev–Trinajstić information content (AvgIpc) is 2.62. The maximum Gasteiger partial charge on any atom is 0.271 e. The van der Waals surface area contributed by atoms with Gasteiger partial charge < -0.3 is 15.4 Å². The number of non-ortho nitro benzene ring substituents is 1. The summed E-state index contributed by atoms with van der Waals surface area (Å²) in [5.74, 6) is -0.341. The molecular formula is C17H23ClN4O5. The van der Waals surface area contributed by atoms with Gasteiger partial charge in [0.1, 0.15) is 12.3 Å². The molecule has 0 unspecified atom stereocenters. The summed E-state index contributed by atoms with van der Waals surface area (Å²) >= 11 is 0. The summed E-state index contributed by atoms with van der Waals surface area (Å²) in [5, 5.41) is 17.2. The fraction of sp³-hybridized carbons (Fsp3) is 0.529. The second-order valence-corrected chi connectivity index (χ2v) is 7.02. The second-order valence-electron chi connectivity index (χ2n) is 7.02. The predicted octanol–water partition coefficient (Wildman–Crippen LogP) is 1.25. The zero-order valence-corrected chi connectivity index (χ0v) is 15.8. The van der Waals surface area contributed by atoms with Gasteiger partial charge in [-0.1, -0.05) is 6.92 Å². The van der Waals surface area contributed by atoms with E-state index in [0.29, 0.717) is 12.3 Å². The fourth-order valence-corrected chi connectivity index (χ4v) is 3.20. The van der Waals surface area contributed by atoms with E-state index >= 15 is 0 Å². The molecule has 3 rings (SSSR count). The summed E-state index contributed by atoms with van der Waals surface area (Å²) in [7, 11) is 0. The van der Waals surface area contributed by atoms with Gasteiger partial charge in [0.2, 0.25) is 5.91 Å². The minimum absolute atomic E-state index is 0. The first-order chi connectivity index (χ1) is 12.4. The van der Waals surface area contributed by atoms with Crippen LogP contribution in [0.1, 0.15) is 19.8 Å². The van der Waals surface area contributed by atoms with Gasteiger partial charge in [-0.15, -0.1) is 12.4 Å². The molecule has 27 heavy (non-hydrogen) atoms. The standard InChI is InChI=1S/C17H22N4O5.ClH/c1-17(4-6-18-7-5-17)11-19-15(22)9-20-13-8-12(21(24)25)2-3-14(13)26-10-16(20)23;/h2-3,8,18H,4-7,9-11H2,1H3,(H,19,22);1H. The Hall–Kier alpha value is -2.39. The molecule has 10 heteroatoms. The first-order valence-corrected chi connectivity index (χ1v) is 8.57. The van der Waals surface area contributed by atoms with E-state index in [9.17, 15) is 19.7 Å². The molecule has 0 saturated carbocycles. The van der Waals surface area contributed by atoms with Gasteiger partial charge in [0.25, 0.3) is 11.6 Å². The molecule has 1 aromatic carbocycles. The zero-order valence-electron chi connectivity index (χ0n) is 15.0. The van der Waals surface area contributed by atoms with Gasteiger partial charge in [0, 0.05) is 18.7 Å². The van der Waals surface area contributed by atoms with Crippen molar-refractivity contribution < 1.29 is 19.2 Å². The lowest BCUT2D eigenvalue weighted by molar-refractivity contribution is -0.384. The van der Waals surface area contributed by atoms with Crippen molar-refractivity contribution in [3.8, 4) is 5.75 Å². The highest BCUT2D eigenvalue weighted by Crippen LogP contribution is 2.35. The number of halogens is 1. The van der Waals surface area contributed by atoms with Crippen molar-refractivity contribution in [1.29, 1.82) is 0 Å². The smallest absolute Gasteiger partial charge is 0.271 e. The number of carbonyl (C=O) groups excluding carboxylic acids is 2. The summed E-state index contributed by atoms with van der Waals surface area (Å²) in [6.45, 7) is 4.13. The lowest BCUT2D eigenvalue weighted by Gasteiger charge is -2.34. The predicted molar refractivity (Wildman–Crippen MR) is 101 cm³/mol. The van der Waals surface area contributed by atoms with E-state index in [1.165, 1.54) is 23.1 Å². The van der Waals surface area contributed by atoms with Crippen molar-refractivity contribution >= 4 is 35.6 Å². The number of rotatable bonds is 5. The Bertz CT molecular complexity index is 736. The Kier molecular flexibility index (Phi) is 6.61. The number of amides is 2. The lowest BCUT2D eigenvalue weighted by atomic mass is 9.81. The molecule has 2 aliphatic rings. The molecule has 0 aliphatic carbocycles. The zero-order chi connectivity index (χ0) is 18.7. The van der Waals surface area contributed by atoms with Crippen LogP contribution in [0.4, 0.5) is 11.4 Å². The highest BCUT2D eigenvalue weighted by Gasteiger charge is 2.31. The third-order valence-electron chi connectivity index (χ3n) is 4.92. The molecule has 0 atom stereocenters. The first-order valence-electron chi connectivity index (χ1n) is 8.57. The Balaban J connectivity index is 0.00000261. The maximum atomic E-state index is 12.4. The van der Waals surface area contributed by atoms with Gasteiger partial charge in [0.15, 0.2) is 6.61 Å². The molecule has 2 aliphatic heterocycles. The summed E-state index contributed by atoms with van der Waals surface area (Å²) in [4.78, 5) is 36.2. The second kappa shape index (κ2) is 8.53. The highest BCUT2D eigenvalue weighted by atomic mass is 35.5. The van der Waals surface area contributed by atoms with E-state index in [4.69, 9.17) is 4.74 Å². The Morgan fingerprint density at radius 3 is 2.78 bits per heavy atom. The van der Waals surface area contributed by atoms with Crippen molar-refractivity contribution in [3.05, 3.63) is 28.3 Å². The number of ether oxygens (including phenoxy) is 1. The summed E-state index contributed by atoms with van der Waals surface area (Å²) in [5.41, 5.74) is 0.125. The number of piperidine rings is 1. The summed E-state index contributed by atoms with van der Waals surface area (Å²) in [6.07, 6.45) is 1.94. The summed E-state index contributed by atoms with van der Waals surface area (Å²) in [6, 6.07) is 4.01. The minimum Gasteiger partial charge on any atom is -0.482 e. The third-order valence-corrected chi connectivity index (χ3v) is 4.92. The van der Waals surface area contributed by atoms with Gasteiger partial charge in [-0.2, -0.15) is 0 Å². The van der Waals surface area contributed by atoms with E-state index in [1.807, 2.05) is 0 Å². The van der Waals surface area contributed by atoms with Crippen molar-refractivity contribution in [2.45, 2.75) is 19.8 Å². The number of carbonyl (C=O) groups is 2. The molecule has 0 aromatic heterocycles. The molecule has 2 N–H and O–H groups in total. The fourth-order valence-electron chi connectivity index (χ4n) is 3.20. The van der Waals surface area contributed by atoms with Crippen LogP contribution in [0, 0.1) is 15.5 Å². The van der Waals surface area contributed by atoms with E-state index < -0.39 is 10.8 Å². The molecule has 0 radical (unpaired) electrons. The third kappa shape index (κ3) is 4.86. The Morgan fingerprint density at radius 2 is 2.11 bits per heavy atom. The van der Waals surface area contributed by atoms with Crippen molar-refractivity contribution in [2.24, 2.45) is 5.41 Å². The first kappa shape index (κ1) is 20.9. The van der Waals surface area contributed by atoms with Crippen LogP contribution in [0.2, 0.25) is 0 Å². The molecule has 148 valence electrons. The van der Waals surface area contributed by atoms with Crippen molar-refractivity contribution in [1.82, 2.24) is 10.6 Å². The largest absolute Gasteiger partial charge is 0.482 e. The molecule has 2 heterocycles. The van der Waals surface area contributed by atoms with Gasteiger partial charge >= 0.3 is 0 Å². The van der Waals surface area contributed by atoms with Crippen molar-refractivity contribution in [2.75, 3.05) is 37.7 Å². The van der Waals surface area contributed by atoms with Crippen LogP contribution < -0.4 is 20.3 Å². The number of fused-ring (bicyclic) bond motifs is 1. The van der Waals surface area contributed by atoms with Crippen LogP contribution in [0.3, 0.4) is 0 Å². The molecule has 0 bridgehead atoms. The molecule has 0 spiro atoms. The van der Waals surface area contributed by atoms with Gasteiger partial charge in [0.05, 0.1) is 10.6 Å². The number of benzene rings is 1. The van der Waals surface area contributed by atoms with Gasteiger partial charge in [-0.25, -0.2) is 0 Å². The van der Waals surface area contributed by atoms with E-state index in [-0.39, 0.29) is 48.3 Å². The molecule has 1 fully saturated rings. The van der Waals surface area contributed by atoms with Crippen LogP contribution in [-0.2, 0) is 9.59 Å². The molecule has 1 aromatic rings. The highest BCUT2D eigenvalue weighted by molar-refractivity contribution is 6.02. The topological polar surface area (TPSA) is 114 Å². The SMILES string of the molecule is CC1(CNC(=O)CN2C(=O)COc3ccc([N+](=O)[O-])cc32)CCNCC1.Cl. The van der Waals surface area contributed by atoms with E-state index in [2.05, 4.69) is 17.6 Å². The average molecular weight is 399 g/mol. The Morgan fingerprint density at radius 1 is 1.41 bits per heavy atom. The minimum atomic E-state index is -0.546. The van der Waals surface area contributed by atoms with Crippen LogP contribution in [0.5, 0.6) is 5.75 Å². The molecule has 1 saturated heterocycles. The normalized spacial score (nSPS) is 18.0. The Labute approximate surface area is 163 Å². The number of nitro groups is 1. The van der Waals surface area contributed by atoms with E-state index in [1.54, 1.807) is 0 Å². The maximum absolute atomic E-state index is 12.4. The van der Waals surface area contributed by atoms with Crippen LogP contribution in [0.15, 0.2) is 18.2 Å². The van der Waals surface area contributed by atoms with E-state index in [0.717, 1.165) is 25.9 Å². The monoisotopic (exact) mass is 398 g/mol. The molecule has 9 nitrogen and oxygen atoms in total. The number of nitrogens with one attached hydrogen (secondary N) is 2. The number of nitrogens with zero attached hydrogens (tertiary/aromatic N) is 2. The number of nitro benzene ring substituents is 1. The van der Waals surface area contributed by atoms with Crippen LogP contribution in [0.25, 0.3) is 0 Å². The van der Waals surface area contributed by atoms with Crippen molar-refractivity contribution in [3.63, 3.8) is 0 Å². The summed E-state index contributed by atoms with van der Waals surface area (Å²) < 4.78 is 5.30.